The highest BCUT2D eigenvalue weighted by molar-refractivity contribution is 5.93. The van der Waals surface area contributed by atoms with E-state index in [4.69, 9.17) is 0 Å². The highest BCUT2D eigenvalue weighted by Crippen LogP contribution is 2.11. The first-order chi connectivity index (χ1) is 10.6. The van der Waals surface area contributed by atoms with Crippen LogP contribution in [0.15, 0.2) is 54.9 Å². The molecule has 0 fully saturated rings. The summed E-state index contributed by atoms with van der Waals surface area (Å²) in [4.78, 5) is 27.5. The molecule has 0 radical (unpaired) electrons. The molecule has 0 aliphatic heterocycles. The zero-order valence-corrected chi connectivity index (χ0v) is 12.5. The van der Waals surface area contributed by atoms with Crippen molar-refractivity contribution in [2.24, 2.45) is 0 Å². The lowest BCUT2D eigenvalue weighted by Crippen LogP contribution is -2.27. The molecule has 1 aromatic heterocycles. The number of nitrogens with one attached hydrogen (secondary N) is 2. The van der Waals surface area contributed by atoms with E-state index in [-0.39, 0.29) is 30.7 Å². The number of amides is 2. The Morgan fingerprint density at radius 2 is 1.77 bits per heavy atom. The van der Waals surface area contributed by atoms with Gasteiger partial charge < -0.3 is 10.6 Å². The Bertz CT molecular complexity index is 614. The molecule has 1 heterocycles. The molecule has 0 bridgehead atoms. The van der Waals surface area contributed by atoms with Crippen molar-refractivity contribution < 1.29 is 9.59 Å². The molecule has 2 amide bonds. The van der Waals surface area contributed by atoms with Gasteiger partial charge in [0.2, 0.25) is 11.8 Å². The number of carbonyl (C=O) groups is 2. The predicted molar refractivity (Wildman–Crippen MR) is 85.1 cm³/mol. The van der Waals surface area contributed by atoms with E-state index in [1.54, 1.807) is 24.5 Å². The largest absolute Gasteiger partial charge is 0.350 e. The van der Waals surface area contributed by atoms with Crippen LogP contribution in [0.3, 0.4) is 0 Å². The van der Waals surface area contributed by atoms with Crippen molar-refractivity contribution >= 4 is 17.5 Å². The van der Waals surface area contributed by atoms with Crippen molar-refractivity contribution in [3.63, 3.8) is 0 Å². The maximum absolute atomic E-state index is 11.9. The van der Waals surface area contributed by atoms with Gasteiger partial charge in [-0.05, 0) is 24.6 Å². The van der Waals surface area contributed by atoms with Crippen molar-refractivity contribution in [1.82, 2.24) is 10.3 Å². The molecule has 1 aromatic carbocycles. The average Bonchev–Trinajstić information content (AvgIpc) is 2.55. The molecule has 0 spiro atoms. The van der Waals surface area contributed by atoms with Crippen LogP contribution in [-0.4, -0.2) is 16.8 Å². The standard InChI is InChI=1S/C17H19N3O2/c1-13(14-6-3-2-4-7-14)19-16(21)9-10-17(22)20-15-8-5-11-18-12-15/h2-8,11-13H,9-10H2,1H3,(H,19,21)(H,20,22)/t13-/m1/s1. The van der Waals surface area contributed by atoms with Crippen molar-refractivity contribution in [2.45, 2.75) is 25.8 Å². The minimum Gasteiger partial charge on any atom is -0.350 e. The second kappa shape index (κ2) is 7.93. The number of pyridine rings is 1. The van der Waals surface area contributed by atoms with Gasteiger partial charge in [-0.3, -0.25) is 14.6 Å². The van der Waals surface area contributed by atoms with Crippen molar-refractivity contribution in [3.8, 4) is 0 Å². The Balaban J connectivity index is 1.74. The molecule has 5 heteroatoms. The van der Waals surface area contributed by atoms with Gasteiger partial charge in [0.15, 0.2) is 0 Å². The number of nitrogens with zero attached hydrogens (tertiary/aromatic N) is 1. The average molecular weight is 297 g/mol. The van der Waals surface area contributed by atoms with E-state index < -0.39 is 0 Å². The Hall–Kier alpha value is -2.69. The minimum atomic E-state index is -0.199. The maximum Gasteiger partial charge on any atom is 0.224 e. The van der Waals surface area contributed by atoms with E-state index in [0.29, 0.717) is 5.69 Å². The van der Waals surface area contributed by atoms with Gasteiger partial charge in [-0.1, -0.05) is 30.3 Å². The van der Waals surface area contributed by atoms with Crippen molar-refractivity contribution in [3.05, 3.63) is 60.4 Å². The van der Waals surface area contributed by atoms with Crippen LogP contribution in [-0.2, 0) is 9.59 Å². The second-order valence-electron chi connectivity index (χ2n) is 4.99. The molecule has 0 aliphatic carbocycles. The lowest BCUT2D eigenvalue weighted by molar-refractivity contribution is -0.124. The number of hydrogen-bond donors (Lipinski definition) is 2. The molecule has 5 nitrogen and oxygen atoms in total. The normalized spacial score (nSPS) is 11.5. The monoisotopic (exact) mass is 297 g/mol. The quantitative estimate of drug-likeness (QED) is 0.861. The fraction of sp³-hybridized carbons (Fsp3) is 0.235. The topological polar surface area (TPSA) is 71.1 Å². The van der Waals surface area contributed by atoms with Gasteiger partial charge in [0.05, 0.1) is 17.9 Å². The zero-order chi connectivity index (χ0) is 15.8. The smallest absolute Gasteiger partial charge is 0.224 e. The van der Waals surface area contributed by atoms with E-state index in [0.717, 1.165) is 5.56 Å². The van der Waals surface area contributed by atoms with Crippen LogP contribution >= 0.6 is 0 Å². The van der Waals surface area contributed by atoms with E-state index in [1.807, 2.05) is 37.3 Å². The van der Waals surface area contributed by atoms with Crippen LogP contribution in [0.4, 0.5) is 5.69 Å². The van der Waals surface area contributed by atoms with E-state index in [9.17, 15) is 9.59 Å². The van der Waals surface area contributed by atoms with Gasteiger partial charge in [-0.2, -0.15) is 0 Å². The third-order valence-corrected chi connectivity index (χ3v) is 3.20. The molecule has 2 aromatic rings. The van der Waals surface area contributed by atoms with Gasteiger partial charge in [0, 0.05) is 19.0 Å². The highest BCUT2D eigenvalue weighted by atomic mass is 16.2. The van der Waals surface area contributed by atoms with Crippen LogP contribution in [0.25, 0.3) is 0 Å². The highest BCUT2D eigenvalue weighted by Gasteiger charge is 2.11. The number of rotatable bonds is 6. The summed E-state index contributed by atoms with van der Waals surface area (Å²) in [5.41, 5.74) is 1.67. The molecule has 0 unspecified atom stereocenters. The molecule has 2 rings (SSSR count). The summed E-state index contributed by atoms with van der Waals surface area (Å²) in [5.74, 6) is -0.340. The van der Waals surface area contributed by atoms with Crippen LogP contribution in [0.1, 0.15) is 31.4 Å². The molecule has 0 aliphatic rings. The van der Waals surface area contributed by atoms with Gasteiger partial charge in [0.25, 0.3) is 0 Å². The minimum absolute atomic E-state index is 0.0740. The molecular weight excluding hydrogens is 278 g/mol. The molecule has 2 N–H and O–H groups in total. The first-order valence-corrected chi connectivity index (χ1v) is 7.19. The van der Waals surface area contributed by atoms with E-state index in [1.165, 1.54) is 0 Å². The molecule has 0 saturated heterocycles. The molecule has 1 atom stereocenters. The molecular formula is C17H19N3O2. The van der Waals surface area contributed by atoms with E-state index >= 15 is 0 Å². The summed E-state index contributed by atoms with van der Waals surface area (Å²) >= 11 is 0. The van der Waals surface area contributed by atoms with Gasteiger partial charge in [-0.25, -0.2) is 0 Å². The second-order valence-corrected chi connectivity index (χ2v) is 4.99. The van der Waals surface area contributed by atoms with Crippen molar-refractivity contribution in [2.75, 3.05) is 5.32 Å². The van der Waals surface area contributed by atoms with Crippen LogP contribution in [0, 0.1) is 0 Å². The Morgan fingerprint density at radius 3 is 2.45 bits per heavy atom. The molecule has 22 heavy (non-hydrogen) atoms. The summed E-state index contributed by atoms with van der Waals surface area (Å²) in [6.45, 7) is 1.92. The summed E-state index contributed by atoms with van der Waals surface area (Å²) in [5, 5.41) is 5.58. The van der Waals surface area contributed by atoms with Gasteiger partial charge in [-0.15, -0.1) is 0 Å². The van der Waals surface area contributed by atoms with E-state index in [2.05, 4.69) is 15.6 Å². The number of anilines is 1. The number of benzene rings is 1. The summed E-state index contributed by atoms with van der Waals surface area (Å²) in [6, 6.07) is 13.1. The maximum atomic E-state index is 11.9. The lowest BCUT2D eigenvalue weighted by atomic mass is 10.1. The van der Waals surface area contributed by atoms with Crippen molar-refractivity contribution in [1.29, 1.82) is 0 Å². The first kappa shape index (κ1) is 15.7. The van der Waals surface area contributed by atoms with Crippen LogP contribution < -0.4 is 10.6 Å². The molecule has 0 saturated carbocycles. The third kappa shape index (κ3) is 5.01. The Morgan fingerprint density at radius 1 is 1.05 bits per heavy atom. The van der Waals surface area contributed by atoms with Crippen LogP contribution in [0.5, 0.6) is 0 Å². The summed E-state index contributed by atoms with van der Waals surface area (Å²) in [6.07, 6.45) is 3.50. The summed E-state index contributed by atoms with van der Waals surface area (Å²) < 4.78 is 0. The Kier molecular flexibility index (Phi) is 5.65. The van der Waals surface area contributed by atoms with Gasteiger partial charge in [0.1, 0.15) is 0 Å². The SMILES string of the molecule is C[C@@H](NC(=O)CCC(=O)Nc1cccnc1)c1ccccc1. The molecule has 114 valence electrons. The number of hydrogen-bond acceptors (Lipinski definition) is 3. The first-order valence-electron chi connectivity index (χ1n) is 7.19. The fourth-order valence-corrected chi connectivity index (χ4v) is 2.03. The fourth-order valence-electron chi connectivity index (χ4n) is 2.03. The summed E-state index contributed by atoms with van der Waals surface area (Å²) in [7, 11) is 0. The van der Waals surface area contributed by atoms with Gasteiger partial charge >= 0.3 is 0 Å². The number of carbonyl (C=O) groups excluding carboxylic acids is 2. The van der Waals surface area contributed by atoms with Crippen LogP contribution in [0.2, 0.25) is 0 Å². The number of aromatic nitrogens is 1. The third-order valence-electron chi connectivity index (χ3n) is 3.20. The Labute approximate surface area is 129 Å². The zero-order valence-electron chi connectivity index (χ0n) is 12.5. The predicted octanol–water partition coefficient (Wildman–Crippen LogP) is 2.68. The lowest BCUT2D eigenvalue weighted by Gasteiger charge is -2.14.